The van der Waals surface area contributed by atoms with E-state index in [0.29, 0.717) is 5.82 Å². The van der Waals surface area contributed by atoms with Crippen LogP contribution < -0.4 is 0 Å². The van der Waals surface area contributed by atoms with Crippen LogP contribution in [-0.2, 0) is 6.42 Å². The Morgan fingerprint density at radius 2 is 0.965 bits per heavy atom. The third kappa shape index (κ3) is 4.82. The number of hydrogen-bond acceptors (Lipinski definition) is 2. The normalized spacial score (nSPS) is 12.7. The first-order chi connectivity index (χ1) is 28.3. The molecule has 12 rings (SSSR count). The summed E-state index contributed by atoms with van der Waals surface area (Å²) in [5, 5.41) is 4.88. The predicted molar refractivity (Wildman–Crippen MR) is 236 cm³/mol. The highest BCUT2D eigenvalue weighted by Crippen LogP contribution is 2.40. The number of benzene rings is 7. The molecule has 5 nitrogen and oxygen atoms in total. The fraction of sp³-hybridized carbons (Fsp3) is 0.0385. The van der Waals surface area contributed by atoms with Gasteiger partial charge >= 0.3 is 0 Å². The van der Waals surface area contributed by atoms with Gasteiger partial charge in [0.2, 0.25) is 0 Å². The zero-order valence-corrected chi connectivity index (χ0v) is 31.0. The van der Waals surface area contributed by atoms with Crippen LogP contribution in [0.2, 0.25) is 0 Å². The highest BCUT2D eigenvalue weighted by atomic mass is 15.0. The summed E-state index contributed by atoms with van der Waals surface area (Å²) in [5.41, 5.74) is 15.4. The summed E-state index contributed by atoms with van der Waals surface area (Å²) in [6, 6.07) is 62.9. The van der Waals surface area contributed by atoms with Gasteiger partial charge in [0.25, 0.3) is 0 Å². The number of aromatic nitrogens is 5. The van der Waals surface area contributed by atoms with Gasteiger partial charge in [-0.25, -0.2) is 9.97 Å². The van der Waals surface area contributed by atoms with Crippen LogP contribution in [-0.4, -0.2) is 23.7 Å². The Bertz CT molecular complexity index is 3360. The van der Waals surface area contributed by atoms with Crippen LogP contribution in [0.4, 0.5) is 0 Å². The van der Waals surface area contributed by atoms with Gasteiger partial charge in [0.15, 0.2) is 5.82 Å². The SMILES string of the molecule is C1=Cc2c(c3ccccc3n2-c2cccc(-c3nc(-c4cccc(-n5c6ccccc6c6ccccc65)c4)c4c(n3)c3ccccc3n4-c3ccccc3)c2)CC1. The standard InChI is InChI=1S/C52H35N5/c1-2-18-36(19-3-1)57-48-31-13-8-26-43(48)50-51(57)49(34-16-14-20-37(32-34)55-44-27-9-4-22-39(44)40-23-5-10-28-45(40)55)53-52(54-50)35-17-15-21-38(33-35)56-46-29-11-6-24-41(46)42-25-7-12-30-47(42)56/h1-6,8-24,26-33H,7,25H2. The van der Waals surface area contributed by atoms with E-state index in [9.17, 15) is 0 Å². The van der Waals surface area contributed by atoms with Crippen molar-refractivity contribution in [1.82, 2.24) is 23.7 Å². The number of hydrogen-bond donors (Lipinski definition) is 0. The van der Waals surface area contributed by atoms with Gasteiger partial charge in [0, 0.05) is 55.4 Å². The van der Waals surface area contributed by atoms with Crippen LogP contribution in [0.3, 0.4) is 0 Å². The first-order valence-electron chi connectivity index (χ1n) is 19.7. The summed E-state index contributed by atoms with van der Waals surface area (Å²) in [6.07, 6.45) is 6.68. The van der Waals surface area contributed by atoms with Crippen molar-refractivity contribution in [2.75, 3.05) is 0 Å². The molecular weight excluding hydrogens is 695 g/mol. The minimum atomic E-state index is 0.693. The van der Waals surface area contributed by atoms with E-state index < -0.39 is 0 Å². The maximum absolute atomic E-state index is 5.58. The Hall–Kier alpha value is -7.50. The third-order valence-electron chi connectivity index (χ3n) is 11.7. The highest BCUT2D eigenvalue weighted by Gasteiger charge is 2.23. The van der Waals surface area contributed by atoms with Crippen LogP contribution >= 0.6 is 0 Å². The summed E-state index contributed by atoms with van der Waals surface area (Å²) in [4.78, 5) is 11.0. The second kappa shape index (κ2) is 12.5. The van der Waals surface area contributed by atoms with Crippen molar-refractivity contribution >= 4 is 60.7 Å². The van der Waals surface area contributed by atoms with Crippen molar-refractivity contribution in [3.8, 4) is 39.7 Å². The van der Waals surface area contributed by atoms with Crippen LogP contribution in [0, 0.1) is 0 Å². The molecule has 0 saturated heterocycles. The highest BCUT2D eigenvalue weighted by molar-refractivity contribution is 6.12. The molecule has 0 unspecified atom stereocenters. The molecule has 0 bridgehead atoms. The Morgan fingerprint density at radius 3 is 1.68 bits per heavy atom. The van der Waals surface area contributed by atoms with Crippen LogP contribution in [0.1, 0.15) is 17.7 Å². The summed E-state index contributed by atoms with van der Waals surface area (Å²) in [6.45, 7) is 0. The fourth-order valence-electron chi connectivity index (χ4n) is 9.26. The van der Waals surface area contributed by atoms with Crippen molar-refractivity contribution < 1.29 is 0 Å². The zero-order valence-electron chi connectivity index (χ0n) is 31.0. The van der Waals surface area contributed by atoms with Gasteiger partial charge in [-0.05, 0) is 85.1 Å². The van der Waals surface area contributed by atoms with Crippen molar-refractivity contribution in [2.45, 2.75) is 12.8 Å². The summed E-state index contributed by atoms with van der Waals surface area (Å²) in [5.74, 6) is 0.693. The van der Waals surface area contributed by atoms with E-state index in [2.05, 4.69) is 202 Å². The van der Waals surface area contributed by atoms with Gasteiger partial charge in [-0.3, -0.25) is 0 Å². The number of rotatable bonds is 5. The lowest BCUT2D eigenvalue weighted by molar-refractivity contribution is 0.967. The Balaban J connectivity index is 1.13. The first kappa shape index (κ1) is 31.8. The summed E-state index contributed by atoms with van der Waals surface area (Å²) >= 11 is 0. The molecule has 268 valence electrons. The molecule has 0 amide bonds. The topological polar surface area (TPSA) is 40.6 Å². The molecule has 1 aliphatic carbocycles. The summed E-state index contributed by atoms with van der Waals surface area (Å²) in [7, 11) is 0. The smallest absolute Gasteiger partial charge is 0.160 e. The molecule has 0 spiro atoms. The quantitative estimate of drug-likeness (QED) is 0.177. The maximum atomic E-state index is 5.58. The lowest BCUT2D eigenvalue weighted by Crippen LogP contribution is -2.02. The van der Waals surface area contributed by atoms with E-state index in [4.69, 9.17) is 9.97 Å². The molecule has 4 heterocycles. The van der Waals surface area contributed by atoms with Crippen LogP contribution in [0.15, 0.2) is 182 Å². The van der Waals surface area contributed by atoms with Gasteiger partial charge < -0.3 is 13.7 Å². The van der Waals surface area contributed by atoms with Gasteiger partial charge in [0.1, 0.15) is 5.52 Å². The Kier molecular flexibility index (Phi) is 6.99. The number of para-hydroxylation sites is 5. The summed E-state index contributed by atoms with van der Waals surface area (Å²) < 4.78 is 7.11. The van der Waals surface area contributed by atoms with Crippen molar-refractivity contribution in [3.05, 3.63) is 193 Å². The molecule has 57 heavy (non-hydrogen) atoms. The van der Waals surface area contributed by atoms with Gasteiger partial charge in [-0.15, -0.1) is 0 Å². The van der Waals surface area contributed by atoms with Crippen molar-refractivity contribution in [2.24, 2.45) is 0 Å². The molecule has 4 aromatic heterocycles. The average molecular weight is 730 g/mol. The van der Waals surface area contributed by atoms with E-state index in [1.165, 1.54) is 44.0 Å². The molecular formula is C52H35N5. The second-order valence-corrected chi connectivity index (χ2v) is 14.9. The number of aryl methyl sites for hydroxylation is 1. The average Bonchev–Trinajstić information content (AvgIpc) is 3.92. The number of nitrogens with zero attached hydrogens (tertiary/aromatic N) is 5. The lowest BCUT2D eigenvalue weighted by atomic mass is 10.0. The molecule has 0 N–H and O–H groups in total. The van der Waals surface area contributed by atoms with Gasteiger partial charge in [0.05, 0.1) is 33.3 Å². The minimum Gasteiger partial charge on any atom is -0.310 e. The van der Waals surface area contributed by atoms with E-state index in [1.807, 2.05) is 0 Å². The van der Waals surface area contributed by atoms with Gasteiger partial charge in [-0.2, -0.15) is 0 Å². The minimum absolute atomic E-state index is 0.693. The molecule has 0 radical (unpaired) electrons. The van der Waals surface area contributed by atoms with Crippen molar-refractivity contribution in [3.63, 3.8) is 0 Å². The molecule has 0 saturated carbocycles. The van der Waals surface area contributed by atoms with Crippen molar-refractivity contribution in [1.29, 1.82) is 0 Å². The molecule has 0 aliphatic heterocycles. The number of allylic oxidation sites excluding steroid dienone is 1. The second-order valence-electron chi connectivity index (χ2n) is 14.9. The molecule has 0 fully saturated rings. The lowest BCUT2D eigenvalue weighted by Gasteiger charge is -2.15. The molecule has 0 atom stereocenters. The Labute approximate surface area is 329 Å². The molecule has 11 aromatic rings. The predicted octanol–water partition coefficient (Wildman–Crippen LogP) is 12.9. The van der Waals surface area contributed by atoms with E-state index in [0.717, 1.165) is 68.7 Å². The van der Waals surface area contributed by atoms with Crippen LogP contribution in [0.25, 0.3) is 100 Å². The first-order valence-corrected chi connectivity index (χ1v) is 19.7. The number of fused-ring (bicyclic) bond motifs is 9. The van der Waals surface area contributed by atoms with E-state index >= 15 is 0 Å². The largest absolute Gasteiger partial charge is 0.310 e. The van der Waals surface area contributed by atoms with Crippen LogP contribution in [0.5, 0.6) is 0 Å². The molecule has 5 heteroatoms. The molecule has 1 aliphatic rings. The zero-order chi connectivity index (χ0) is 37.5. The van der Waals surface area contributed by atoms with Gasteiger partial charge in [-0.1, -0.05) is 121 Å². The maximum Gasteiger partial charge on any atom is 0.160 e. The third-order valence-corrected chi connectivity index (χ3v) is 11.7. The fourth-order valence-corrected chi connectivity index (χ4v) is 9.26. The monoisotopic (exact) mass is 729 g/mol. The van der Waals surface area contributed by atoms with E-state index in [-0.39, 0.29) is 0 Å². The van der Waals surface area contributed by atoms with E-state index in [1.54, 1.807) is 0 Å². The molecule has 7 aromatic carbocycles. The Morgan fingerprint density at radius 1 is 0.421 bits per heavy atom.